The second-order valence-electron chi connectivity index (χ2n) is 11.8. The van der Waals surface area contributed by atoms with Crippen LogP contribution in [0.15, 0.2) is 70.2 Å². The van der Waals surface area contributed by atoms with Gasteiger partial charge in [-0.1, -0.05) is 6.92 Å². The quantitative estimate of drug-likeness (QED) is 0.167. The Kier molecular flexibility index (Phi) is 9.30. The topological polar surface area (TPSA) is 113 Å². The molecule has 4 heterocycles. The number of methoxy groups -OCH3 is 1. The molecular formula is C35H38FN5O6. The maximum atomic E-state index is 15.3. The van der Waals surface area contributed by atoms with Crippen molar-refractivity contribution in [1.82, 2.24) is 19.0 Å². The number of hydrogen-bond donors (Lipinski definition) is 1. The second kappa shape index (κ2) is 13.7. The van der Waals surface area contributed by atoms with E-state index in [1.165, 1.54) is 47.4 Å². The van der Waals surface area contributed by atoms with Crippen molar-refractivity contribution in [1.29, 1.82) is 0 Å². The van der Waals surface area contributed by atoms with Crippen molar-refractivity contribution in [2.24, 2.45) is 13.0 Å². The first-order valence-electron chi connectivity index (χ1n) is 15.7. The summed E-state index contributed by atoms with van der Waals surface area (Å²) in [5.74, 6) is 1.25. The van der Waals surface area contributed by atoms with Crippen molar-refractivity contribution in [2.75, 3.05) is 38.7 Å². The van der Waals surface area contributed by atoms with Crippen LogP contribution in [0.25, 0.3) is 16.8 Å². The summed E-state index contributed by atoms with van der Waals surface area (Å²) in [4.78, 5) is 32.9. The number of furan rings is 1. The molecule has 1 aliphatic rings. The van der Waals surface area contributed by atoms with Gasteiger partial charge in [-0.2, -0.15) is 0 Å². The monoisotopic (exact) mass is 643 g/mol. The minimum atomic E-state index is -0.693. The van der Waals surface area contributed by atoms with E-state index in [2.05, 4.69) is 22.1 Å². The number of likely N-dealkylation sites (tertiary alicyclic amines) is 1. The summed E-state index contributed by atoms with van der Waals surface area (Å²) in [6.07, 6.45) is 6.41. The van der Waals surface area contributed by atoms with Crippen molar-refractivity contribution in [3.63, 3.8) is 0 Å². The zero-order valence-corrected chi connectivity index (χ0v) is 26.9. The molecule has 5 aromatic rings. The van der Waals surface area contributed by atoms with Crippen LogP contribution in [0, 0.1) is 18.7 Å². The fourth-order valence-corrected chi connectivity index (χ4v) is 5.93. The van der Waals surface area contributed by atoms with Crippen molar-refractivity contribution in [3.8, 4) is 28.9 Å². The van der Waals surface area contributed by atoms with E-state index in [0.29, 0.717) is 40.5 Å². The molecule has 0 saturated carbocycles. The molecule has 0 bridgehead atoms. The number of nitrogens with one attached hydrogen (secondary N) is 1. The Morgan fingerprint density at radius 3 is 2.62 bits per heavy atom. The van der Waals surface area contributed by atoms with Gasteiger partial charge in [0.05, 0.1) is 31.2 Å². The third kappa shape index (κ3) is 6.73. The van der Waals surface area contributed by atoms with Gasteiger partial charge in [0.25, 0.3) is 5.91 Å². The molecule has 0 unspecified atom stereocenters. The van der Waals surface area contributed by atoms with E-state index in [1.807, 2.05) is 0 Å². The third-order valence-corrected chi connectivity index (χ3v) is 8.58. The Hall–Kier alpha value is -5.10. The highest BCUT2D eigenvalue weighted by atomic mass is 19.1. The van der Waals surface area contributed by atoms with Gasteiger partial charge in [0, 0.05) is 49.1 Å². The van der Waals surface area contributed by atoms with Gasteiger partial charge in [-0.25, -0.2) is 13.8 Å². The molecule has 47 heavy (non-hydrogen) atoms. The number of piperidine rings is 1. The van der Waals surface area contributed by atoms with Crippen LogP contribution in [0.4, 0.5) is 10.1 Å². The Labute approximate surface area is 271 Å². The van der Waals surface area contributed by atoms with Gasteiger partial charge in [-0.15, -0.1) is 0 Å². The molecular weight excluding hydrogens is 605 g/mol. The van der Waals surface area contributed by atoms with E-state index in [9.17, 15) is 9.59 Å². The second-order valence-corrected chi connectivity index (χ2v) is 11.8. The first kappa shape index (κ1) is 31.9. The van der Waals surface area contributed by atoms with E-state index in [4.69, 9.17) is 18.6 Å². The molecule has 0 aliphatic carbocycles. The number of pyridine rings is 1. The first-order chi connectivity index (χ1) is 22.7. The number of hydrogen-bond acceptors (Lipinski definition) is 8. The number of nitrogens with zero attached hydrogens (tertiary/aromatic N) is 4. The summed E-state index contributed by atoms with van der Waals surface area (Å²) in [6.45, 7) is 7.75. The Bertz CT molecular complexity index is 1940. The number of anilines is 1. The van der Waals surface area contributed by atoms with Crippen LogP contribution in [0.3, 0.4) is 0 Å². The fraction of sp³-hybridized carbons (Fsp3) is 0.343. The molecule has 246 valence electrons. The molecule has 11 nitrogen and oxygen atoms in total. The Morgan fingerprint density at radius 2 is 1.89 bits per heavy atom. The van der Waals surface area contributed by atoms with Gasteiger partial charge in [-0.05, 0) is 75.5 Å². The lowest BCUT2D eigenvalue weighted by Gasteiger charge is -2.30. The summed E-state index contributed by atoms with van der Waals surface area (Å²) in [5.41, 5.74) is 0.848. The highest BCUT2D eigenvalue weighted by Crippen LogP contribution is 2.38. The number of amides is 1. The number of benzene rings is 2. The van der Waals surface area contributed by atoms with E-state index in [1.54, 1.807) is 50.6 Å². The van der Waals surface area contributed by atoms with E-state index < -0.39 is 17.4 Å². The van der Waals surface area contributed by atoms with Crippen LogP contribution in [-0.4, -0.2) is 58.3 Å². The lowest BCUT2D eigenvalue weighted by molar-refractivity contribution is 0.101. The number of halogens is 1. The number of carbonyl (C=O) groups is 1. The standard InChI is InChI=1S/C35H38FN5O6/c1-22-11-15-40(16-12-22)14-6-18-45-31-21-27-25(20-30(31)44-4)28(10-13-37-27)47-29-9-8-24(19-26(29)36)38-34(42)33-23(2)41(35(43)39(33)3)32-7-5-17-46-32/h5,7-10,13,17,19-22H,6,11-12,14-16,18H2,1-4H3,(H,38,42). The van der Waals surface area contributed by atoms with E-state index in [0.717, 1.165) is 38.0 Å². The van der Waals surface area contributed by atoms with Crippen LogP contribution in [-0.2, 0) is 7.05 Å². The fourth-order valence-electron chi connectivity index (χ4n) is 5.93. The molecule has 1 fully saturated rings. The zero-order valence-electron chi connectivity index (χ0n) is 26.9. The molecule has 1 saturated heterocycles. The SMILES string of the molecule is COc1cc2c(Oc3ccc(NC(=O)c4c(C)n(-c5ccco5)c(=O)n4C)cc3F)ccnc2cc1OCCCN1CCC(C)CC1. The van der Waals surface area contributed by atoms with Crippen LogP contribution in [0.5, 0.6) is 23.0 Å². The molecule has 0 atom stereocenters. The molecule has 2 aromatic carbocycles. The predicted molar refractivity (Wildman–Crippen MR) is 176 cm³/mol. The molecule has 6 rings (SSSR count). The normalized spacial score (nSPS) is 14.0. The van der Waals surface area contributed by atoms with E-state index >= 15 is 4.39 Å². The summed E-state index contributed by atoms with van der Waals surface area (Å²) < 4.78 is 40.9. The minimum absolute atomic E-state index is 0.0468. The summed E-state index contributed by atoms with van der Waals surface area (Å²) in [5, 5.41) is 3.29. The molecule has 3 aromatic heterocycles. The lowest BCUT2D eigenvalue weighted by Crippen LogP contribution is -2.34. The minimum Gasteiger partial charge on any atom is -0.493 e. The molecule has 1 N–H and O–H groups in total. The van der Waals surface area contributed by atoms with Gasteiger partial charge in [0.15, 0.2) is 23.1 Å². The number of aromatic nitrogens is 3. The van der Waals surface area contributed by atoms with Crippen LogP contribution >= 0.6 is 0 Å². The molecule has 12 heteroatoms. The summed E-state index contributed by atoms with van der Waals surface area (Å²) in [7, 11) is 3.05. The lowest BCUT2D eigenvalue weighted by atomic mass is 9.99. The average molecular weight is 644 g/mol. The molecule has 0 radical (unpaired) electrons. The molecule has 1 amide bonds. The maximum absolute atomic E-state index is 15.3. The largest absolute Gasteiger partial charge is 0.493 e. The van der Waals surface area contributed by atoms with Gasteiger partial charge in [0.2, 0.25) is 5.88 Å². The average Bonchev–Trinajstić information content (AvgIpc) is 3.66. The van der Waals surface area contributed by atoms with Crippen LogP contribution in [0.1, 0.15) is 42.4 Å². The van der Waals surface area contributed by atoms with Crippen molar-refractivity contribution in [2.45, 2.75) is 33.1 Å². The number of imidazole rings is 1. The highest BCUT2D eigenvalue weighted by Gasteiger charge is 2.23. The Morgan fingerprint density at radius 1 is 1.09 bits per heavy atom. The number of carbonyl (C=O) groups excluding carboxylic acids is 1. The van der Waals surface area contributed by atoms with Gasteiger partial charge >= 0.3 is 5.69 Å². The highest BCUT2D eigenvalue weighted by molar-refractivity contribution is 6.04. The van der Waals surface area contributed by atoms with Crippen LogP contribution < -0.4 is 25.2 Å². The van der Waals surface area contributed by atoms with Gasteiger partial charge in [-0.3, -0.25) is 14.3 Å². The summed E-state index contributed by atoms with van der Waals surface area (Å²) >= 11 is 0. The number of fused-ring (bicyclic) bond motifs is 1. The zero-order chi connectivity index (χ0) is 33.1. The maximum Gasteiger partial charge on any atom is 0.335 e. The molecule has 1 aliphatic heterocycles. The number of ether oxygens (including phenoxy) is 3. The first-order valence-corrected chi connectivity index (χ1v) is 15.7. The van der Waals surface area contributed by atoms with Gasteiger partial charge in [0.1, 0.15) is 11.4 Å². The number of rotatable bonds is 11. The Balaban J connectivity index is 1.14. The van der Waals surface area contributed by atoms with Crippen molar-refractivity contribution >= 4 is 22.5 Å². The third-order valence-electron chi connectivity index (χ3n) is 8.58. The van der Waals surface area contributed by atoms with Crippen LogP contribution in [0.2, 0.25) is 0 Å². The summed E-state index contributed by atoms with van der Waals surface area (Å²) in [6, 6.07) is 12.6. The van der Waals surface area contributed by atoms with Crippen molar-refractivity contribution in [3.05, 3.63) is 88.7 Å². The van der Waals surface area contributed by atoms with E-state index in [-0.39, 0.29) is 23.0 Å². The molecule has 0 spiro atoms. The smallest absolute Gasteiger partial charge is 0.335 e. The predicted octanol–water partition coefficient (Wildman–Crippen LogP) is 6.32. The van der Waals surface area contributed by atoms with Gasteiger partial charge < -0.3 is 28.8 Å². The van der Waals surface area contributed by atoms with Crippen molar-refractivity contribution < 1.29 is 27.8 Å².